The molecule has 1 aliphatic rings. The lowest BCUT2D eigenvalue weighted by molar-refractivity contribution is 0.0429. The van der Waals surface area contributed by atoms with Crippen molar-refractivity contribution in [3.63, 3.8) is 0 Å². The summed E-state index contributed by atoms with van der Waals surface area (Å²) in [6.07, 6.45) is 3.21. The lowest BCUT2D eigenvalue weighted by atomic mass is 10.1. The van der Waals surface area contributed by atoms with Gasteiger partial charge in [0.05, 0.1) is 12.3 Å². The van der Waals surface area contributed by atoms with Crippen LogP contribution >= 0.6 is 0 Å². The van der Waals surface area contributed by atoms with Gasteiger partial charge in [0.2, 0.25) is 5.78 Å². The van der Waals surface area contributed by atoms with Crippen LogP contribution in [0.5, 0.6) is 0 Å². The van der Waals surface area contributed by atoms with Gasteiger partial charge in [-0.05, 0) is 19.8 Å². The van der Waals surface area contributed by atoms with E-state index < -0.39 is 0 Å². The van der Waals surface area contributed by atoms with E-state index in [4.69, 9.17) is 4.74 Å². The predicted molar refractivity (Wildman–Crippen MR) is 48.9 cm³/mol. The molecule has 1 aliphatic heterocycles. The van der Waals surface area contributed by atoms with E-state index in [0.717, 1.165) is 12.8 Å². The van der Waals surface area contributed by atoms with Crippen LogP contribution in [0.2, 0.25) is 0 Å². The Morgan fingerprint density at radius 1 is 1.64 bits per heavy atom. The molecule has 5 heteroatoms. The van der Waals surface area contributed by atoms with Gasteiger partial charge < -0.3 is 4.74 Å². The van der Waals surface area contributed by atoms with Gasteiger partial charge in [-0.3, -0.25) is 9.48 Å². The van der Waals surface area contributed by atoms with Crippen molar-refractivity contribution < 1.29 is 9.53 Å². The van der Waals surface area contributed by atoms with Crippen LogP contribution in [0.15, 0.2) is 6.20 Å². The number of hydrogen-bond acceptors (Lipinski definition) is 4. The highest BCUT2D eigenvalue weighted by Crippen LogP contribution is 2.21. The van der Waals surface area contributed by atoms with E-state index in [2.05, 4.69) is 10.3 Å². The fourth-order valence-electron chi connectivity index (χ4n) is 1.62. The smallest absolute Gasteiger partial charge is 0.213 e. The fourth-order valence-corrected chi connectivity index (χ4v) is 1.62. The molecule has 14 heavy (non-hydrogen) atoms. The maximum atomic E-state index is 11.8. The average Bonchev–Trinajstić information content (AvgIpc) is 2.73. The average molecular weight is 195 g/mol. The third kappa shape index (κ3) is 1.68. The zero-order valence-electron chi connectivity index (χ0n) is 8.30. The van der Waals surface area contributed by atoms with Crippen LogP contribution in [0.25, 0.3) is 0 Å². The van der Waals surface area contributed by atoms with Crippen LogP contribution < -0.4 is 0 Å². The molecule has 0 amide bonds. The molecular formula is C9H13N3O2. The first kappa shape index (κ1) is 9.33. The molecule has 2 rings (SSSR count). The highest BCUT2D eigenvalue weighted by Gasteiger charge is 2.30. The summed E-state index contributed by atoms with van der Waals surface area (Å²) in [5.74, 6) is -0.0533. The van der Waals surface area contributed by atoms with Crippen LogP contribution in [-0.2, 0) is 11.8 Å². The second-order valence-electron chi connectivity index (χ2n) is 3.65. The normalized spacial score (nSPS) is 26.7. The number of ketones is 1. The quantitative estimate of drug-likeness (QED) is 0.647. The van der Waals surface area contributed by atoms with Crippen molar-refractivity contribution in [1.29, 1.82) is 0 Å². The van der Waals surface area contributed by atoms with Crippen molar-refractivity contribution in [3.05, 3.63) is 11.9 Å². The van der Waals surface area contributed by atoms with E-state index in [1.54, 1.807) is 13.2 Å². The number of rotatable bonds is 2. The molecule has 0 N–H and O–H groups in total. The molecule has 1 saturated heterocycles. The molecule has 1 aromatic heterocycles. The Labute approximate surface area is 82.1 Å². The van der Waals surface area contributed by atoms with Crippen LogP contribution in [0.3, 0.4) is 0 Å². The van der Waals surface area contributed by atoms with Crippen LogP contribution in [0.4, 0.5) is 0 Å². The van der Waals surface area contributed by atoms with Crippen LogP contribution in [0, 0.1) is 0 Å². The van der Waals surface area contributed by atoms with Crippen molar-refractivity contribution in [1.82, 2.24) is 15.0 Å². The minimum Gasteiger partial charge on any atom is -0.367 e. The van der Waals surface area contributed by atoms with Gasteiger partial charge in [0.15, 0.2) is 5.69 Å². The van der Waals surface area contributed by atoms with Gasteiger partial charge in [0.1, 0.15) is 6.10 Å². The number of hydrogen-bond donors (Lipinski definition) is 0. The Balaban J connectivity index is 2.09. The number of carbonyl (C=O) groups excluding carboxylic acids is 1. The summed E-state index contributed by atoms with van der Waals surface area (Å²) in [6.45, 7) is 1.98. The Morgan fingerprint density at radius 2 is 2.43 bits per heavy atom. The van der Waals surface area contributed by atoms with E-state index in [0.29, 0.717) is 5.69 Å². The number of Topliss-reactive ketones (excluding diaryl/α,β-unsaturated/α-hetero) is 1. The molecule has 76 valence electrons. The fraction of sp³-hybridized carbons (Fsp3) is 0.667. The Morgan fingerprint density at radius 3 is 2.93 bits per heavy atom. The molecule has 1 aromatic rings. The molecule has 0 aromatic carbocycles. The number of aryl methyl sites for hydroxylation is 1. The largest absolute Gasteiger partial charge is 0.367 e. The summed E-state index contributed by atoms with van der Waals surface area (Å²) in [6, 6.07) is 0. The SMILES string of the molecule is CC1CCC(C(=O)c2cn(C)nn2)O1. The molecule has 1 fully saturated rings. The minimum atomic E-state index is -0.318. The third-order valence-electron chi connectivity index (χ3n) is 2.38. The van der Waals surface area contributed by atoms with Crippen molar-refractivity contribution in [2.75, 3.05) is 0 Å². The lowest BCUT2D eigenvalue weighted by Crippen LogP contribution is -2.21. The van der Waals surface area contributed by atoms with Crippen molar-refractivity contribution >= 4 is 5.78 Å². The molecule has 2 unspecified atom stereocenters. The number of aromatic nitrogens is 3. The molecule has 0 aliphatic carbocycles. The van der Waals surface area contributed by atoms with E-state index in [9.17, 15) is 4.79 Å². The van der Waals surface area contributed by atoms with Crippen molar-refractivity contribution in [2.24, 2.45) is 7.05 Å². The Bertz CT molecular complexity index is 348. The first-order chi connectivity index (χ1) is 6.66. The maximum absolute atomic E-state index is 11.8. The van der Waals surface area contributed by atoms with Crippen molar-refractivity contribution in [3.8, 4) is 0 Å². The summed E-state index contributed by atoms with van der Waals surface area (Å²) >= 11 is 0. The molecular weight excluding hydrogens is 182 g/mol. The Hall–Kier alpha value is -1.23. The van der Waals surface area contributed by atoms with Crippen molar-refractivity contribution in [2.45, 2.75) is 32.0 Å². The highest BCUT2D eigenvalue weighted by atomic mass is 16.5. The summed E-state index contributed by atoms with van der Waals surface area (Å²) in [5, 5.41) is 7.49. The lowest BCUT2D eigenvalue weighted by Gasteiger charge is -2.06. The van der Waals surface area contributed by atoms with Gasteiger partial charge in [-0.2, -0.15) is 0 Å². The molecule has 0 bridgehead atoms. The zero-order chi connectivity index (χ0) is 10.1. The van der Waals surface area contributed by atoms with Gasteiger partial charge in [0, 0.05) is 7.05 Å². The van der Waals surface area contributed by atoms with E-state index in [-0.39, 0.29) is 18.0 Å². The first-order valence-corrected chi connectivity index (χ1v) is 4.73. The van der Waals surface area contributed by atoms with E-state index >= 15 is 0 Å². The Kier molecular flexibility index (Phi) is 2.33. The summed E-state index contributed by atoms with van der Waals surface area (Å²) in [4.78, 5) is 11.8. The number of ether oxygens (including phenoxy) is 1. The van der Waals surface area contributed by atoms with Gasteiger partial charge in [-0.1, -0.05) is 5.21 Å². The summed E-state index contributed by atoms with van der Waals surface area (Å²) in [5.41, 5.74) is 0.395. The molecule has 0 spiro atoms. The second-order valence-corrected chi connectivity index (χ2v) is 3.65. The monoisotopic (exact) mass is 195 g/mol. The maximum Gasteiger partial charge on any atom is 0.213 e. The number of nitrogens with zero attached hydrogens (tertiary/aromatic N) is 3. The molecule has 0 radical (unpaired) electrons. The third-order valence-corrected chi connectivity index (χ3v) is 2.38. The van der Waals surface area contributed by atoms with Crippen LogP contribution in [-0.4, -0.2) is 33.0 Å². The van der Waals surface area contributed by atoms with Gasteiger partial charge >= 0.3 is 0 Å². The predicted octanol–water partition coefficient (Wildman–Crippen LogP) is 0.565. The highest BCUT2D eigenvalue weighted by molar-refractivity contribution is 5.97. The standard InChI is InChI=1S/C9H13N3O2/c1-6-3-4-8(14-6)9(13)7-5-12(2)11-10-7/h5-6,8H,3-4H2,1-2H3. The first-order valence-electron chi connectivity index (χ1n) is 4.73. The minimum absolute atomic E-state index is 0.0533. The number of carbonyl (C=O) groups is 1. The molecule has 2 atom stereocenters. The summed E-state index contributed by atoms with van der Waals surface area (Å²) < 4.78 is 6.98. The molecule has 0 saturated carbocycles. The van der Waals surface area contributed by atoms with Gasteiger partial charge in [-0.15, -0.1) is 5.10 Å². The topological polar surface area (TPSA) is 57.0 Å². The molecule has 5 nitrogen and oxygen atoms in total. The van der Waals surface area contributed by atoms with E-state index in [1.165, 1.54) is 4.68 Å². The van der Waals surface area contributed by atoms with E-state index in [1.807, 2.05) is 6.92 Å². The van der Waals surface area contributed by atoms with Crippen LogP contribution in [0.1, 0.15) is 30.3 Å². The zero-order valence-corrected chi connectivity index (χ0v) is 8.30. The molecule has 2 heterocycles. The summed E-state index contributed by atoms with van der Waals surface area (Å²) in [7, 11) is 1.74. The van der Waals surface area contributed by atoms with Gasteiger partial charge in [-0.25, -0.2) is 0 Å². The van der Waals surface area contributed by atoms with Gasteiger partial charge in [0.25, 0.3) is 0 Å². The second kappa shape index (κ2) is 3.49.